The van der Waals surface area contributed by atoms with Crippen molar-refractivity contribution in [2.24, 2.45) is 0 Å². The van der Waals surface area contributed by atoms with Crippen molar-refractivity contribution in [3.63, 3.8) is 0 Å². The minimum atomic E-state index is -0.300. The van der Waals surface area contributed by atoms with Crippen LogP contribution in [0.4, 0.5) is 10.8 Å². The molecule has 2 heterocycles. The minimum absolute atomic E-state index is 0.0489. The highest BCUT2D eigenvalue weighted by Gasteiger charge is 2.34. The lowest BCUT2D eigenvalue weighted by Gasteiger charge is -2.17. The molecule has 4 rings (SSSR count). The van der Waals surface area contributed by atoms with Crippen molar-refractivity contribution in [1.82, 2.24) is 10.2 Å². The van der Waals surface area contributed by atoms with E-state index in [-0.39, 0.29) is 17.7 Å². The van der Waals surface area contributed by atoms with E-state index in [1.165, 1.54) is 11.3 Å². The van der Waals surface area contributed by atoms with Crippen LogP contribution < -0.4 is 15.0 Å². The van der Waals surface area contributed by atoms with Gasteiger partial charge in [0.15, 0.2) is 0 Å². The van der Waals surface area contributed by atoms with Crippen molar-refractivity contribution in [2.75, 3.05) is 23.4 Å². The Kier molecular flexibility index (Phi) is 5.99. The zero-order valence-electron chi connectivity index (χ0n) is 17.7. The van der Waals surface area contributed by atoms with E-state index in [1.54, 1.807) is 18.2 Å². The van der Waals surface area contributed by atoms with E-state index in [0.29, 0.717) is 36.0 Å². The van der Waals surface area contributed by atoms with Crippen LogP contribution in [0.2, 0.25) is 0 Å². The average molecular weight is 437 g/mol. The second kappa shape index (κ2) is 8.85. The zero-order chi connectivity index (χ0) is 22.0. The molecule has 1 aliphatic rings. The Morgan fingerprint density at radius 1 is 1.19 bits per heavy atom. The standard InChI is InChI=1S/C23H24N4O3S/c1-4-30-19-8-6-5-7-18(19)21(29)24-23-26-25-22(31-23)16-12-20(28)27(13-16)17-10-14(2)9-15(3)11-17/h5-11,16H,4,12-13H2,1-3H3,(H,24,26,29)/t16-/m1/s1. The molecule has 1 atom stereocenters. The number of hydrogen-bond donors (Lipinski definition) is 1. The predicted molar refractivity (Wildman–Crippen MR) is 121 cm³/mol. The third kappa shape index (κ3) is 4.59. The smallest absolute Gasteiger partial charge is 0.261 e. The third-order valence-corrected chi connectivity index (χ3v) is 6.09. The lowest BCUT2D eigenvalue weighted by Crippen LogP contribution is -2.24. The third-order valence-electron chi connectivity index (χ3n) is 5.09. The van der Waals surface area contributed by atoms with Crippen molar-refractivity contribution in [3.05, 3.63) is 64.2 Å². The van der Waals surface area contributed by atoms with Gasteiger partial charge in [0.05, 0.1) is 12.2 Å². The molecule has 0 radical (unpaired) electrons. The van der Waals surface area contributed by atoms with Gasteiger partial charge in [-0.05, 0) is 56.2 Å². The SMILES string of the molecule is CCOc1ccccc1C(=O)Nc1nnc([C@@H]2CC(=O)N(c3cc(C)cc(C)c3)C2)s1. The molecule has 1 fully saturated rings. The number of anilines is 2. The Morgan fingerprint density at radius 2 is 1.94 bits per heavy atom. The number of hydrogen-bond acceptors (Lipinski definition) is 6. The molecule has 7 nitrogen and oxygen atoms in total. The van der Waals surface area contributed by atoms with Gasteiger partial charge in [-0.3, -0.25) is 14.9 Å². The number of rotatable bonds is 6. The Hall–Kier alpha value is -3.26. The lowest BCUT2D eigenvalue weighted by atomic mass is 10.1. The van der Waals surface area contributed by atoms with Crippen molar-refractivity contribution in [3.8, 4) is 5.75 Å². The van der Waals surface area contributed by atoms with E-state index in [1.807, 2.05) is 43.9 Å². The summed E-state index contributed by atoms with van der Waals surface area (Å²) in [4.78, 5) is 27.1. The van der Waals surface area contributed by atoms with Gasteiger partial charge in [0.25, 0.3) is 5.91 Å². The highest BCUT2D eigenvalue weighted by Crippen LogP contribution is 2.35. The first-order chi connectivity index (χ1) is 14.9. The lowest BCUT2D eigenvalue weighted by molar-refractivity contribution is -0.117. The molecule has 8 heteroatoms. The zero-order valence-corrected chi connectivity index (χ0v) is 18.5. The van der Waals surface area contributed by atoms with Crippen LogP contribution in [0.5, 0.6) is 5.75 Å². The molecule has 0 unspecified atom stereocenters. The van der Waals surface area contributed by atoms with Gasteiger partial charge in [0, 0.05) is 24.6 Å². The van der Waals surface area contributed by atoms with Gasteiger partial charge in [0.2, 0.25) is 11.0 Å². The summed E-state index contributed by atoms with van der Waals surface area (Å²) < 4.78 is 5.53. The summed E-state index contributed by atoms with van der Waals surface area (Å²) in [7, 11) is 0. The van der Waals surface area contributed by atoms with Crippen LogP contribution >= 0.6 is 11.3 Å². The summed E-state index contributed by atoms with van der Waals surface area (Å²) in [5.41, 5.74) is 3.60. The van der Waals surface area contributed by atoms with Crippen molar-refractivity contribution < 1.29 is 14.3 Å². The van der Waals surface area contributed by atoms with Crippen molar-refractivity contribution in [2.45, 2.75) is 33.1 Å². The number of ether oxygens (including phenoxy) is 1. The van der Waals surface area contributed by atoms with Gasteiger partial charge in [0.1, 0.15) is 10.8 Å². The fourth-order valence-electron chi connectivity index (χ4n) is 3.78. The Bertz CT molecular complexity index is 1110. The number of carbonyl (C=O) groups excluding carboxylic acids is 2. The Balaban J connectivity index is 1.47. The van der Waals surface area contributed by atoms with E-state index >= 15 is 0 Å². The van der Waals surface area contributed by atoms with Crippen molar-refractivity contribution in [1.29, 1.82) is 0 Å². The fraction of sp³-hybridized carbons (Fsp3) is 0.304. The number of aromatic nitrogens is 2. The number of aryl methyl sites for hydroxylation is 2. The predicted octanol–water partition coefficient (Wildman–Crippen LogP) is 4.33. The molecule has 1 N–H and O–H groups in total. The van der Waals surface area contributed by atoms with Gasteiger partial charge < -0.3 is 9.64 Å². The monoisotopic (exact) mass is 436 g/mol. The first kappa shape index (κ1) is 21.0. The van der Waals surface area contributed by atoms with Crippen LogP contribution in [0.15, 0.2) is 42.5 Å². The second-order valence-electron chi connectivity index (χ2n) is 7.58. The molecule has 31 heavy (non-hydrogen) atoms. The Morgan fingerprint density at radius 3 is 2.68 bits per heavy atom. The highest BCUT2D eigenvalue weighted by atomic mass is 32.1. The normalized spacial score (nSPS) is 15.9. The van der Waals surface area contributed by atoms with Gasteiger partial charge >= 0.3 is 0 Å². The minimum Gasteiger partial charge on any atom is -0.493 e. The molecule has 1 saturated heterocycles. The summed E-state index contributed by atoms with van der Waals surface area (Å²) in [6, 6.07) is 13.2. The maximum absolute atomic E-state index is 12.7. The Labute approximate surface area is 185 Å². The van der Waals surface area contributed by atoms with Crippen LogP contribution in [-0.2, 0) is 4.79 Å². The number of nitrogens with zero attached hydrogens (tertiary/aromatic N) is 3. The number of benzene rings is 2. The van der Waals surface area contributed by atoms with E-state index in [9.17, 15) is 9.59 Å². The first-order valence-corrected chi connectivity index (χ1v) is 11.0. The fourth-order valence-corrected chi connectivity index (χ4v) is 4.61. The number of amides is 2. The highest BCUT2D eigenvalue weighted by molar-refractivity contribution is 7.15. The number of para-hydroxylation sites is 1. The van der Waals surface area contributed by atoms with Crippen LogP contribution in [0, 0.1) is 13.8 Å². The topological polar surface area (TPSA) is 84.4 Å². The second-order valence-corrected chi connectivity index (χ2v) is 8.59. The molecule has 160 valence electrons. The maximum Gasteiger partial charge on any atom is 0.261 e. The van der Waals surface area contributed by atoms with Gasteiger partial charge in [-0.15, -0.1) is 10.2 Å². The molecule has 2 amide bonds. The summed E-state index contributed by atoms with van der Waals surface area (Å²) in [6.45, 7) is 6.95. The summed E-state index contributed by atoms with van der Waals surface area (Å²) >= 11 is 1.30. The van der Waals surface area contributed by atoms with Crippen LogP contribution in [0.3, 0.4) is 0 Å². The molecular weight excluding hydrogens is 412 g/mol. The summed E-state index contributed by atoms with van der Waals surface area (Å²) in [5.74, 6) is 0.248. The number of nitrogens with one attached hydrogen (secondary N) is 1. The number of carbonyl (C=O) groups is 2. The van der Waals surface area contributed by atoms with E-state index < -0.39 is 0 Å². The molecule has 3 aromatic rings. The molecule has 0 saturated carbocycles. The summed E-state index contributed by atoms with van der Waals surface area (Å²) in [6.07, 6.45) is 0.378. The van der Waals surface area contributed by atoms with Crippen LogP contribution in [-0.4, -0.2) is 35.2 Å². The largest absolute Gasteiger partial charge is 0.493 e. The molecule has 1 aliphatic heterocycles. The van der Waals surface area contributed by atoms with Crippen molar-refractivity contribution >= 4 is 34.0 Å². The van der Waals surface area contributed by atoms with Gasteiger partial charge in [-0.1, -0.05) is 29.5 Å². The molecule has 0 aliphatic carbocycles. The van der Waals surface area contributed by atoms with Gasteiger partial charge in [-0.2, -0.15) is 0 Å². The maximum atomic E-state index is 12.7. The van der Waals surface area contributed by atoms with E-state index in [2.05, 4.69) is 21.6 Å². The van der Waals surface area contributed by atoms with E-state index in [0.717, 1.165) is 21.8 Å². The molecule has 0 spiro atoms. The van der Waals surface area contributed by atoms with Gasteiger partial charge in [-0.25, -0.2) is 0 Å². The first-order valence-electron chi connectivity index (χ1n) is 10.2. The molecular formula is C23H24N4O3S. The molecule has 0 bridgehead atoms. The average Bonchev–Trinajstić information content (AvgIpc) is 3.34. The van der Waals surface area contributed by atoms with E-state index in [4.69, 9.17) is 4.74 Å². The van der Waals surface area contributed by atoms with Crippen LogP contribution in [0.1, 0.15) is 45.8 Å². The molecule has 2 aromatic carbocycles. The quantitative estimate of drug-likeness (QED) is 0.622. The van der Waals surface area contributed by atoms with Crippen LogP contribution in [0.25, 0.3) is 0 Å². The summed E-state index contributed by atoms with van der Waals surface area (Å²) in [5, 5.41) is 12.3. The molecule has 1 aromatic heterocycles.